The quantitative estimate of drug-likeness (QED) is 0.640. The number of nitrogens with zero attached hydrogens (tertiary/aromatic N) is 3. The number of aromatic nitrogens is 3. The first-order valence-electron chi connectivity index (χ1n) is 7.84. The molecular formula is C18H18FN5O. The molecule has 3 aromatic rings. The van der Waals surface area contributed by atoms with Crippen LogP contribution in [0.1, 0.15) is 5.56 Å². The number of benzene rings is 1. The van der Waals surface area contributed by atoms with Gasteiger partial charge in [-0.25, -0.2) is 9.37 Å². The van der Waals surface area contributed by atoms with Gasteiger partial charge < -0.3 is 15.7 Å². The van der Waals surface area contributed by atoms with Crippen LogP contribution in [0, 0.1) is 12.7 Å². The average molecular weight is 339 g/mol. The average Bonchev–Trinajstić information content (AvgIpc) is 2.63. The normalized spacial score (nSPS) is 10.5. The molecule has 0 aliphatic heterocycles. The Morgan fingerprint density at radius 1 is 1.08 bits per heavy atom. The second-order valence-corrected chi connectivity index (χ2v) is 5.42. The summed E-state index contributed by atoms with van der Waals surface area (Å²) in [7, 11) is 0. The van der Waals surface area contributed by atoms with Crippen molar-refractivity contribution >= 4 is 17.5 Å². The third-order valence-corrected chi connectivity index (χ3v) is 3.48. The van der Waals surface area contributed by atoms with Crippen molar-refractivity contribution in [1.82, 2.24) is 15.0 Å². The molecule has 0 bridgehead atoms. The minimum atomic E-state index is -0.257. The third-order valence-electron chi connectivity index (χ3n) is 3.48. The van der Waals surface area contributed by atoms with Gasteiger partial charge in [0, 0.05) is 24.5 Å². The number of hydrogen-bond donors (Lipinski definition) is 3. The van der Waals surface area contributed by atoms with Gasteiger partial charge in [-0.1, -0.05) is 6.07 Å². The van der Waals surface area contributed by atoms with Crippen LogP contribution in [0.5, 0.6) is 0 Å². The summed E-state index contributed by atoms with van der Waals surface area (Å²) >= 11 is 0. The third kappa shape index (κ3) is 4.27. The first-order chi connectivity index (χ1) is 12.2. The van der Waals surface area contributed by atoms with E-state index in [4.69, 9.17) is 5.11 Å². The fourth-order valence-electron chi connectivity index (χ4n) is 2.27. The zero-order valence-electron chi connectivity index (χ0n) is 13.7. The predicted molar refractivity (Wildman–Crippen MR) is 95.3 cm³/mol. The van der Waals surface area contributed by atoms with Gasteiger partial charge in [0.05, 0.1) is 18.0 Å². The molecule has 0 atom stereocenters. The number of aliphatic hydroxyl groups excluding tert-OH is 1. The van der Waals surface area contributed by atoms with Crippen molar-refractivity contribution in [2.45, 2.75) is 6.92 Å². The van der Waals surface area contributed by atoms with Gasteiger partial charge in [0.2, 0.25) is 5.95 Å². The summed E-state index contributed by atoms with van der Waals surface area (Å²) in [5.74, 6) is 0.661. The van der Waals surface area contributed by atoms with Gasteiger partial charge in [0.15, 0.2) is 0 Å². The van der Waals surface area contributed by atoms with E-state index in [1.807, 2.05) is 18.2 Å². The van der Waals surface area contributed by atoms with E-state index in [0.717, 1.165) is 5.69 Å². The van der Waals surface area contributed by atoms with Crippen LogP contribution in [-0.2, 0) is 0 Å². The molecule has 0 radical (unpaired) electrons. The van der Waals surface area contributed by atoms with Crippen molar-refractivity contribution < 1.29 is 9.50 Å². The number of pyridine rings is 1. The van der Waals surface area contributed by atoms with Crippen LogP contribution >= 0.6 is 0 Å². The van der Waals surface area contributed by atoms with E-state index < -0.39 is 0 Å². The molecule has 6 nitrogen and oxygen atoms in total. The molecule has 0 saturated carbocycles. The molecule has 2 heterocycles. The van der Waals surface area contributed by atoms with Gasteiger partial charge in [-0.15, -0.1) is 0 Å². The maximum absolute atomic E-state index is 13.4. The molecule has 0 amide bonds. The Morgan fingerprint density at radius 3 is 2.68 bits per heavy atom. The molecule has 7 heteroatoms. The van der Waals surface area contributed by atoms with Crippen molar-refractivity contribution in [3.63, 3.8) is 0 Å². The predicted octanol–water partition coefficient (Wildman–Crippen LogP) is 3.13. The number of nitrogens with one attached hydrogen (secondary N) is 2. The molecule has 3 rings (SSSR count). The van der Waals surface area contributed by atoms with Crippen LogP contribution < -0.4 is 10.6 Å². The van der Waals surface area contributed by atoms with E-state index in [9.17, 15) is 4.39 Å². The van der Waals surface area contributed by atoms with Crippen LogP contribution in [0.15, 0.2) is 48.7 Å². The zero-order chi connectivity index (χ0) is 17.6. The molecule has 2 aromatic heterocycles. The van der Waals surface area contributed by atoms with Gasteiger partial charge >= 0.3 is 0 Å². The summed E-state index contributed by atoms with van der Waals surface area (Å²) in [5, 5.41) is 15.1. The van der Waals surface area contributed by atoms with Gasteiger partial charge in [0.1, 0.15) is 11.6 Å². The summed E-state index contributed by atoms with van der Waals surface area (Å²) in [6.07, 6.45) is 1.69. The van der Waals surface area contributed by atoms with Crippen molar-refractivity contribution in [2.24, 2.45) is 0 Å². The van der Waals surface area contributed by atoms with Gasteiger partial charge in [-0.3, -0.25) is 4.98 Å². The highest BCUT2D eigenvalue weighted by Crippen LogP contribution is 2.23. The number of hydrogen-bond acceptors (Lipinski definition) is 6. The molecule has 0 fully saturated rings. The molecule has 0 unspecified atom stereocenters. The van der Waals surface area contributed by atoms with Crippen LogP contribution in [0.3, 0.4) is 0 Å². The summed E-state index contributed by atoms with van der Waals surface area (Å²) in [6, 6.07) is 12.1. The monoisotopic (exact) mass is 339 g/mol. The van der Waals surface area contributed by atoms with Crippen LogP contribution in [-0.4, -0.2) is 33.2 Å². The highest BCUT2D eigenvalue weighted by atomic mass is 19.1. The molecule has 0 saturated heterocycles. The molecule has 0 aliphatic carbocycles. The lowest BCUT2D eigenvalue weighted by Gasteiger charge is -2.11. The SMILES string of the molecule is Cc1cc(Nc2cc(-c3ccccn3)nc(NCCO)n2)ccc1F. The lowest BCUT2D eigenvalue weighted by molar-refractivity contribution is 0.311. The van der Waals surface area contributed by atoms with Crippen LogP contribution in [0.25, 0.3) is 11.4 Å². The van der Waals surface area contributed by atoms with E-state index >= 15 is 0 Å². The van der Waals surface area contributed by atoms with E-state index in [1.54, 1.807) is 31.3 Å². The van der Waals surface area contributed by atoms with Gasteiger partial charge in [0.25, 0.3) is 0 Å². The highest BCUT2D eigenvalue weighted by molar-refractivity contribution is 5.65. The van der Waals surface area contributed by atoms with E-state index in [1.165, 1.54) is 6.07 Å². The summed E-state index contributed by atoms with van der Waals surface area (Å²) in [5.41, 5.74) is 2.60. The fourth-order valence-corrected chi connectivity index (χ4v) is 2.27. The summed E-state index contributed by atoms with van der Waals surface area (Å²) in [4.78, 5) is 13.1. The largest absolute Gasteiger partial charge is 0.395 e. The molecular weight excluding hydrogens is 321 g/mol. The fraction of sp³-hybridized carbons (Fsp3) is 0.167. The van der Waals surface area contributed by atoms with Crippen molar-refractivity contribution in [2.75, 3.05) is 23.8 Å². The molecule has 3 N–H and O–H groups in total. The van der Waals surface area contributed by atoms with E-state index in [2.05, 4.69) is 25.6 Å². The number of halogens is 1. The highest BCUT2D eigenvalue weighted by Gasteiger charge is 2.08. The lowest BCUT2D eigenvalue weighted by atomic mass is 10.2. The van der Waals surface area contributed by atoms with Crippen molar-refractivity contribution in [3.05, 3.63) is 60.0 Å². The van der Waals surface area contributed by atoms with Crippen LogP contribution in [0.2, 0.25) is 0 Å². The molecule has 0 aliphatic rings. The smallest absolute Gasteiger partial charge is 0.225 e. The topological polar surface area (TPSA) is 83.0 Å². The molecule has 128 valence electrons. The Kier molecular flexibility index (Phi) is 5.15. The second-order valence-electron chi connectivity index (χ2n) is 5.42. The molecule has 25 heavy (non-hydrogen) atoms. The Hall–Kier alpha value is -3.06. The van der Waals surface area contributed by atoms with E-state index in [0.29, 0.717) is 35.3 Å². The minimum Gasteiger partial charge on any atom is -0.395 e. The number of anilines is 3. The first-order valence-corrected chi connectivity index (χ1v) is 7.84. The number of aliphatic hydroxyl groups is 1. The Labute approximate surface area is 144 Å². The number of rotatable bonds is 6. The van der Waals surface area contributed by atoms with Gasteiger partial charge in [-0.05, 0) is 42.8 Å². The van der Waals surface area contributed by atoms with Crippen LogP contribution in [0.4, 0.5) is 21.8 Å². The Morgan fingerprint density at radius 2 is 1.96 bits per heavy atom. The van der Waals surface area contributed by atoms with Gasteiger partial charge in [-0.2, -0.15) is 4.98 Å². The summed E-state index contributed by atoms with van der Waals surface area (Å²) < 4.78 is 13.4. The molecule has 0 spiro atoms. The maximum Gasteiger partial charge on any atom is 0.225 e. The first kappa shape index (κ1) is 16.8. The number of aryl methyl sites for hydroxylation is 1. The summed E-state index contributed by atoms with van der Waals surface area (Å²) in [6.45, 7) is 2.01. The van der Waals surface area contributed by atoms with Crippen molar-refractivity contribution in [3.8, 4) is 11.4 Å². The zero-order valence-corrected chi connectivity index (χ0v) is 13.7. The minimum absolute atomic E-state index is 0.0307. The second kappa shape index (κ2) is 7.67. The Bertz CT molecular complexity index is 857. The van der Waals surface area contributed by atoms with E-state index in [-0.39, 0.29) is 12.4 Å². The lowest BCUT2D eigenvalue weighted by Crippen LogP contribution is -2.10. The van der Waals surface area contributed by atoms with Crippen molar-refractivity contribution in [1.29, 1.82) is 0 Å². The maximum atomic E-state index is 13.4. The standard InChI is InChI=1S/C18H18FN5O/c1-12-10-13(5-6-14(12)19)22-17-11-16(15-4-2-3-7-20-15)23-18(24-17)21-8-9-25/h2-7,10-11,25H,8-9H2,1H3,(H2,21,22,23,24). The Balaban J connectivity index is 1.95. The molecule has 1 aromatic carbocycles.